The zero-order chi connectivity index (χ0) is 15.2. The lowest BCUT2D eigenvalue weighted by molar-refractivity contribution is 0.183. The van der Waals surface area contributed by atoms with Crippen LogP contribution in [-0.4, -0.2) is 50.1 Å². The fourth-order valence-corrected chi connectivity index (χ4v) is 3.78. The van der Waals surface area contributed by atoms with E-state index in [0.29, 0.717) is 12.6 Å². The van der Waals surface area contributed by atoms with E-state index in [4.69, 9.17) is 5.73 Å². The summed E-state index contributed by atoms with van der Waals surface area (Å²) in [7, 11) is 4.25. The molecular formula is C17H27N3S. The highest BCUT2D eigenvalue weighted by molar-refractivity contribution is 7.17. The number of thiophene rings is 1. The molecule has 4 heteroatoms. The van der Waals surface area contributed by atoms with Crippen LogP contribution in [0.15, 0.2) is 29.6 Å². The molecule has 0 aliphatic carbocycles. The number of benzene rings is 1. The zero-order valence-corrected chi connectivity index (χ0v) is 14.2. The van der Waals surface area contributed by atoms with Crippen LogP contribution in [0, 0.1) is 0 Å². The van der Waals surface area contributed by atoms with Gasteiger partial charge in [-0.2, -0.15) is 0 Å². The number of likely N-dealkylation sites (N-methyl/N-ethyl adjacent to an activating group) is 1. The molecule has 0 spiro atoms. The van der Waals surface area contributed by atoms with E-state index >= 15 is 0 Å². The molecule has 116 valence electrons. The van der Waals surface area contributed by atoms with E-state index in [1.54, 1.807) is 0 Å². The predicted molar refractivity (Wildman–Crippen MR) is 94.0 cm³/mol. The summed E-state index contributed by atoms with van der Waals surface area (Å²) in [5.41, 5.74) is 7.54. The van der Waals surface area contributed by atoms with Crippen molar-refractivity contribution >= 4 is 21.4 Å². The van der Waals surface area contributed by atoms with Crippen LogP contribution in [0.1, 0.15) is 24.9 Å². The second-order valence-electron chi connectivity index (χ2n) is 5.78. The Labute approximate surface area is 132 Å². The number of hydrogen-bond acceptors (Lipinski definition) is 4. The van der Waals surface area contributed by atoms with Gasteiger partial charge in [-0.15, -0.1) is 11.3 Å². The lowest BCUT2D eigenvalue weighted by atomic mass is 10.0. The summed E-state index contributed by atoms with van der Waals surface area (Å²) < 4.78 is 1.36. The largest absolute Gasteiger partial charge is 0.329 e. The van der Waals surface area contributed by atoms with Gasteiger partial charge in [0, 0.05) is 30.4 Å². The maximum atomic E-state index is 6.14. The quantitative estimate of drug-likeness (QED) is 0.813. The number of nitrogens with two attached hydrogens (primary N) is 1. The molecule has 0 saturated carbocycles. The van der Waals surface area contributed by atoms with Gasteiger partial charge in [-0.05, 0) is 49.5 Å². The van der Waals surface area contributed by atoms with Gasteiger partial charge in [0.15, 0.2) is 0 Å². The van der Waals surface area contributed by atoms with Gasteiger partial charge in [0.25, 0.3) is 0 Å². The highest BCUT2D eigenvalue weighted by atomic mass is 32.1. The van der Waals surface area contributed by atoms with Gasteiger partial charge < -0.3 is 10.6 Å². The highest BCUT2D eigenvalue weighted by Crippen LogP contribution is 2.32. The first kappa shape index (κ1) is 16.4. The maximum Gasteiger partial charge on any atom is 0.0485 e. The van der Waals surface area contributed by atoms with Gasteiger partial charge >= 0.3 is 0 Å². The predicted octanol–water partition coefficient (Wildman–Crippen LogP) is 3.17. The molecule has 0 bridgehead atoms. The van der Waals surface area contributed by atoms with Crippen LogP contribution in [0.2, 0.25) is 0 Å². The van der Waals surface area contributed by atoms with E-state index in [0.717, 1.165) is 26.1 Å². The van der Waals surface area contributed by atoms with Crippen molar-refractivity contribution in [3.05, 3.63) is 35.2 Å². The second-order valence-corrected chi connectivity index (χ2v) is 6.69. The Bertz CT molecular complexity index is 550. The molecule has 0 aliphatic rings. The highest BCUT2D eigenvalue weighted by Gasteiger charge is 2.21. The van der Waals surface area contributed by atoms with Gasteiger partial charge in [-0.25, -0.2) is 0 Å². The van der Waals surface area contributed by atoms with E-state index < -0.39 is 0 Å². The van der Waals surface area contributed by atoms with Crippen molar-refractivity contribution in [2.24, 2.45) is 5.73 Å². The topological polar surface area (TPSA) is 32.5 Å². The van der Waals surface area contributed by atoms with E-state index in [1.165, 1.54) is 15.6 Å². The van der Waals surface area contributed by atoms with E-state index in [2.05, 4.69) is 60.5 Å². The Balaban J connectivity index is 2.26. The van der Waals surface area contributed by atoms with Crippen LogP contribution < -0.4 is 5.73 Å². The maximum absolute atomic E-state index is 6.14. The molecule has 2 aromatic rings. The van der Waals surface area contributed by atoms with Crippen molar-refractivity contribution in [1.82, 2.24) is 9.80 Å². The summed E-state index contributed by atoms with van der Waals surface area (Å²) >= 11 is 1.82. The average molecular weight is 305 g/mol. The molecule has 0 fully saturated rings. The normalized spacial score (nSPS) is 13.4. The third-order valence-corrected chi connectivity index (χ3v) is 4.86. The lowest BCUT2D eigenvalue weighted by Crippen LogP contribution is -2.38. The molecule has 1 atom stereocenters. The lowest BCUT2D eigenvalue weighted by Gasteiger charge is -2.31. The monoisotopic (exact) mass is 305 g/mol. The van der Waals surface area contributed by atoms with E-state index in [1.807, 2.05) is 11.3 Å². The summed E-state index contributed by atoms with van der Waals surface area (Å²) in [5.74, 6) is 0. The molecular weight excluding hydrogens is 278 g/mol. The van der Waals surface area contributed by atoms with Gasteiger partial charge in [0.2, 0.25) is 0 Å². The Morgan fingerprint density at radius 1 is 1.14 bits per heavy atom. The number of hydrogen-bond donors (Lipinski definition) is 1. The van der Waals surface area contributed by atoms with E-state index in [9.17, 15) is 0 Å². The zero-order valence-electron chi connectivity index (χ0n) is 13.4. The van der Waals surface area contributed by atoms with Crippen LogP contribution in [0.25, 0.3) is 10.1 Å². The summed E-state index contributed by atoms with van der Waals surface area (Å²) in [6.45, 7) is 6.14. The second kappa shape index (κ2) is 7.90. The van der Waals surface area contributed by atoms with Crippen LogP contribution in [0.5, 0.6) is 0 Å². The third-order valence-electron chi connectivity index (χ3n) is 3.88. The Morgan fingerprint density at radius 2 is 1.90 bits per heavy atom. The first-order valence-corrected chi connectivity index (χ1v) is 8.60. The minimum absolute atomic E-state index is 0.320. The fraction of sp³-hybridized carbons (Fsp3) is 0.529. The van der Waals surface area contributed by atoms with Gasteiger partial charge in [-0.3, -0.25) is 4.90 Å². The van der Waals surface area contributed by atoms with Gasteiger partial charge in [0.05, 0.1) is 0 Å². The van der Waals surface area contributed by atoms with Crippen molar-refractivity contribution in [2.75, 3.05) is 40.3 Å². The SMILES string of the molecule is CCCN(CCN(C)C)C(CN)c1csc2ccccc12. The Kier molecular flexibility index (Phi) is 6.18. The minimum Gasteiger partial charge on any atom is -0.329 e. The van der Waals surface area contributed by atoms with Crippen molar-refractivity contribution < 1.29 is 0 Å². The van der Waals surface area contributed by atoms with Gasteiger partial charge in [0.1, 0.15) is 0 Å². The first-order valence-electron chi connectivity index (χ1n) is 7.72. The molecule has 1 aromatic carbocycles. The summed E-state index contributed by atoms with van der Waals surface area (Å²) in [6.07, 6.45) is 1.16. The molecule has 1 unspecified atom stereocenters. The van der Waals surface area contributed by atoms with Crippen molar-refractivity contribution in [3.8, 4) is 0 Å². The molecule has 3 nitrogen and oxygen atoms in total. The Morgan fingerprint density at radius 3 is 2.57 bits per heavy atom. The van der Waals surface area contributed by atoms with Crippen molar-refractivity contribution in [2.45, 2.75) is 19.4 Å². The summed E-state index contributed by atoms with van der Waals surface area (Å²) in [4.78, 5) is 4.77. The fourth-order valence-electron chi connectivity index (χ4n) is 2.77. The summed E-state index contributed by atoms with van der Waals surface area (Å²) in [5, 5.41) is 3.66. The standard InChI is InChI=1S/C17H27N3S/c1-4-9-20(11-10-19(2)3)16(12-18)15-13-21-17-8-6-5-7-14(15)17/h5-8,13,16H,4,9-12,18H2,1-3H3. The van der Waals surface area contributed by atoms with Crippen LogP contribution in [-0.2, 0) is 0 Å². The molecule has 1 heterocycles. The van der Waals surface area contributed by atoms with Crippen LogP contribution in [0.3, 0.4) is 0 Å². The smallest absolute Gasteiger partial charge is 0.0485 e. The molecule has 2 rings (SSSR count). The van der Waals surface area contributed by atoms with Gasteiger partial charge in [-0.1, -0.05) is 25.1 Å². The molecule has 0 amide bonds. The molecule has 0 saturated heterocycles. The average Bonchev–Trinajstić information content (AvgIpc) is 2.89. The molecule has 2 N–H and O–H groups in total. The molecule has 1 aromatic heterocycles. The molecule has 21 heavy (non-hydrogen) atoms. The molecule has 0 aliphatic heterocycles. The summed E-state index contributed by atoms with van der Waals surface area (Å²) in [6, 6.07) is 8.97. The minimum atomic E-state index is 0.320. The van der Waals surface area contributed by atoms with E-state index in [-0.39, 0.29) is 0 Å². The molecule has 0 radical (unpaired) electrons. The Hall–Kier alpha value is -0.940. The third kappa shape index (κ3) is 4.04. The number of nitrogens with zero attached hydrogens (tertiary/aromatic N) is 2. The number of fused-ring (bicyclic) bond motifs is 1. The van der Waals surface area contributed by atoms with Crippen molar-refractivity contribution in [1.29, 1.82) is 0 Å². The first-order chi connectivity index (χ1) is 10.2. The van der Waals surface area contributed by atoms with Crippen LogP contribution >= 0.6 is 11.3 Å². The van der Waals surface area contributed by atoms with Crippen LogP contribution in [0.4, 0.5) is 0 Å². The van der Waals surface area contributed by atoms with Crippen molar-refractivity contribution in [3.63, 3.8) is 0 Å². The number of rotatable bonds is 8.